The average Bonchev–Trinajstić information content (AvgIpc) is 3.50. The van der Waals surface area contributed by atoms with Gasteiger partial charge in [-0.2, -0.15) is 0 Å². The van der Waals surface area contributed by atoms with Crippen molar-refractivity contribution in [3.05, 3.63) is 126 Å². The molecule has 1 aliphatic carbocycles. The Morgan fingerprint density at radius 1 is 0.500 bits per heavy atom. The van der Waals surface area contributed by atoms with Gasteiger partial charge in [0, 0.05) is 32.9 Å². The molecule has 0 spiro atoms. The van der Waals surface area contributed by atoms with Crippen molar-refractivity contribution >= 4 is 21.9 Å². The minimum Gasteiger partial charge on any atom is -0.456 e. The molecule has 1 aliphatic rings. The summed E-state index contributed by atoms with van der Waals surface area (Å²) in [6.07, 6.45) is 0. The third-order valence-electron chi connectivity index (χ3n) is 8.15. The van der Waals surface area contributed by atoms with E-state index in [1.165, 1.54) is 22.3 Å². The minimum atomic E-state index is -0.110. The molecule has 0 saturated carbocycles. The van der Waals surface area contributed by atoms with Crippen molar-refractivity contribution in [2.75, 3.05) is 0 Å². The molecule has 40 heavy (non-hydrogen) atoms. The van der Waals surface area contributed by atoms with Crippen LogP contribution in [0.4, 0.5) is 0 Å². The molecule has 8 rings (SSSR count). The van der Waals surface area contributed by atoms with Gasteiger partial charge in [-0.3, -0.25) is 0 Å². The standard InChI is InChI=1S/C36H25N3O/c1-36(2)28-16-8-6-13-24(28)25-20-19-23(21-29(25)36)34-37-33(22-11-4-3-5-12-22)38-35(39-34)27-15-10-18-31-32(27)26-14-7-9-17-30(26)40-31/h3-21H,1-2H3. The molecule has 0 atom stereocenters. The van der Waals surface area contributed by atoms with E-state index in [9.17, 15) is 0 Å². The predicted octanol–water partition coefficient (Wildman–Crippen LogP) is 9.08. The number of para-hydroxylation sites is 1. The van der Waals surface area contributed by atoms with E-state index in [1.54, 1.807) is 0 Å². The molecule has 0 N–H and O–H groups in total. The summed E-state index contributed by atoms with van der Waals surface area (Å²) in [5, 5.41) is 2.06. The number of fused-ring (bicyclic) bond motifs is 6. The van der Waals surface area contributed by atoms with Crippen LogP contribution >= 0.6 is 0 Å². The van der Waals surface area contributed by atoms with Crippen LogP contribution < -0.4 is 0 Å². The fourth-order valence-electron chi connectivity index (χ4n) is 6.15. The Morgan fingerprint density at radius 3 is 2.02 bits per heavy atom. The van der Waals surface area contributed by atoms with E-state index in [2.05, 4.69) is 68.4 Å². The van der Waals surface area contributed by atoms with E-state index in [-0.39, 0.29) is 5.41 Å². The second-order valence-electron chi connectivity index (χ2n) is 10.9. The maximum Gasteiger partial charge on any atom is 0.164 e. The Hall–Kier alpha value is -5.09. The summed E-state index contributed by atoms with van der Waals surface area (Å²) in [6, 6.07) is 39.6. The lowest BCUT2D eigenvalue weighted by Crippen LogP contribution is -2.15. The summed E-state index contributed by atoms with van der Waals surface area (Å²) in [5.74, 6) is 1.93. The van der Waals surface area contributed by atoms with Crippen LogP contribution in [0.5, 0.6) is 0 Å². The van der Waals surface area contributed by atoms with Gasteiger partial charge in [-0.15, -0.1) is 0 Å². The lowest BCUT2D eigenvalue weighted by atomic mass is 9.82. The third kappa shape index (κ3) is 3.36. The van der Waals surface area contributed by atoms with Gasteiger partial charge in [-0.05, 0) is 40.5 Å². The van der Waals surface area contributed by atoms with Crippen molar-refractivity contribution in [2.24, 2.45) is 0 Å². The van der Waals surface area contributed by atoms with Crippen molar-refractivity contribution < 1.29 is 4.42 Å². The number of hydrogen-bond acceptors (Lipinski definition) is 4. The van der Waals surface area contributed by atoms with Crippen LogP contribution in [0.1, 0.15) is 25.0 Å². The summed E-state index contributed by atoms with van der Waals surface area (Å²) in [7, 11) is 0. The zero-order valence-electron chi connectivity index (χ0n) is 22.2. The molecule has 0 unspecified atom stereocenters. The summed E-state index contributed by atoms with van der Waals surface area (Å²) >= 11 is 0. The summed E-state index contributed by atoms with van der Waals surface area (Å²) in [6.45, 7) is 4.58. The molecule has 190 valence electrons. The van der Waals surface area contributed by atoms with Gasteiger partial charge in [0.1, 0.15) is 11.2 Å². The minimum absolute atomic E-state index is 0.110. The van der Waals surface area contributed by atoms with E-state index in [1.807, 2.05) is 60.7 Å². The van der Waals surface area contributed by atoms with Crippen LogP contribution in [-0.4, -0.2) is 15.0 Å². The van der Waals surface area contributed by atoms with Gasteiger partial charge in [0.25, 0.3) is 0 Å². The van der Waals surface area contributed by atoms with Crippen molar-refractivity contribution in [1.82, 2.24) is 15.0 Å². The Kier molecular flexibility index (Phi) is 4.83. The quantitative estimate of drug-likeness (QED) is 0.235. The van der Waals surface area contributed by atoms with E-state index >= 15 is 0 Å². The van der Waals surface area contributed by atoms with E-state index in [0.29, 0.717) is 17.5 Å². The molecule has 0 radical (unpaired) electrons. The number of nitrogens with zero attached hydrogens (tertiary/aromatic N) is 3. The van der Waals surface area contributed by atoms with Gasteiger partial charge < -0.3 is 4.42 Å². The smallest absolute Gasteiger partial charge is 0.164 e. The highest BCUT2D eigenvalue weighted by molar-refractivity contribution is 6.11. The van der Waals surface area contributed by atoms with Gasteiger partial charge in [0.2, 0.25) is 0 Å². The highest BCUT2D eigenvalue weighted by atomic mass is 16.3. The first-order valence-corrected chi connectivity index (χ1v) is 13.5. The topological polar surface area (TPSA) is 51.8 Å². The fraction of sp³-hybridized carbons (Fsp3) is 0.0833. The molecule has 2 heterocycles. The maximum atomic E-state index is 6.18. The molecule has 4 heteroatoms. The lowest BCUT2D eigenvalue weighted by molar-refractivity contribution is 0.660. The molecular weight excluding hydrogens is 490 g/mol. The zero-order valence-corrected chi connectivity index (χ0v) is 22.2. The number of aromatic nitrogens is 3. The Balaban J connectivity index is 1.37. The SMILES string of the molecule is CC1(C)c2ccccc2-c2ccc(-c3nc(-c4ccccc4)nc(-c4cccc5oc6ccccc6c45)n3)cc21. The van der Waals surface area contributed by atoms with Gasteiger partial charge in [0.15, 0.2) is 17.5 Å². The first-order chi connectivity index (χ1) is 19.6. The zero-order chi connectivity index (χ0) is 26.8. The van der Waals surface area contributed by atoms with Gasteiger partial charge in [-0.1, -0.05) is 111 Å². The van der Waals surface area contributed by atoms with Crippen LogP contribution in [0.2, 0.25) is 0 Å². The predicted molar refractivity (Wildman–Crippen MR) is 161 cm³/mol. The molecular formula is C36H25N3O. The van der Waals surface area contributed by atoms with Crippen molar-refractivity contribution in [3.63, 3.8) is 0 Å². The summed E-state index contributed by atoms with van der Waals surface area (Å²) in [5.41, 5.74) is 9.63. The molecule has 0 aliphatic heterocycles. The van der Waals surface area contributed by atoms with Crippen LogP contribution in [0.25, 0.3) is 67.2 Å². The number of furan rings is 1. The second kappa shape index (κ2) is 8.45. The largest absolute Gasteiger partial charge is 0.456 e. The van der Waals surface area contributed by atoms with Crippen LogP contribution in [0.15, 0.2) is 120 Å². The van der Waals surface area contributed by atoms with E-state index in [0.717, 1.165) is 38.6 Å². The van der Waals surface area contributed by atoms with Crippen LogP contribution in [-0.2, 0) is 5.41 Å². The second-order valence-corrected chi connectivity index (χ2v) is 10.9. The van der Waals surface area contributed by atoms with Gasteiger partial charge in [-0.25, -0.2) is 15.0 Å². The molecule has 0 amide bonds. The highest BCUT2D eigenvalue weighted by Gasteiger charge is 2.35. The molecule has 0 fully saturated rings. The van der Waals surface area contributed by atoms with Crippen molar-refractivity contribution in [1.29, 1.82) is 0 Å². The van der Waals surface area contributed by atoms with Crippen molar-refractivity contribution in [3.8, 4) is 45.3 Å². The Bertz CT molecular complexity index is 2090. The summed E-state index contributed by atoms with van der Waals surface area (Å²) < 4.78 is 6.18. The van der Waals surface area contributed by atoms with Crippen LogP contribution in [0, 0.1) is 0 Å². The van der Waals surface area contributed by atoms with Crippen molar-refractivity contribution in [2.45, 2.75) is 19.3 Å². The normalized spacial score (nSPS) is 13.4. The van der Waals surface area contributed by atoms with Gasteiger partial charge >= 0.3 is 0 Å². The number of benzene rings is 5. The first-order valence-electron chi connectivity index (χ1n) is 13.5. The molecule has 2 aromatic heterocycles. The summed E-state index contributed by atoms with van der Waals surface area (Å²) in [4.78, 5) is 15.1. The lowest BCUT2D eigenvalue weighted by Gasteiger charge is -2.21. The van der Waals surface area contributed by atoms with Gasteiger partial charge in [0.05, 0.1) is 0 Å². The monoisotopic (exact) mass is 515 g/mol. The average molecular weight is 516 g/mol. The maximum absolute atomic E-state index is 6.18. The van der Waals surface area contributed by atoms with E-state index < -0.39 is 0 Å². The first kappa shape index (κ1) is 22.9. The molecule has 0 saturated heterocycles. The molecule has 0 bridgehead atoms. The Labute approximate surface area is 232 Å². The molecule has 7 aromatic rings. The number of hydrogen-bond donors (Lipinski definition) is 0. The molecule has 4 nitrogen and oxygen atoms in total. The number of rotatable bonds is 3. The highest BCUT2D eigenvalue weighted by Crippen LogP contribution is 2.49. The fourth-order valence-corrected chi connectivity index (χ4v) is 6.15. The molecule has 5 aromatic carbocycles. The Morgan fingerprint density at radius 2 is 1.15 bits per heavy atom. The van der Waals surface area contributed by atoms with E-state index in [4.69, 9.17) is 19.4 Å². The van der Waals surface area contributed by atoms with Crippen LogP contribution in [0.3, 0.4) is 0 Å². The third-order valence-corrected chi connectivity index (χ3v) is 8.15.